The molecule has 0 amide bonds. The number of aliphatic hydroxyl groups is 1. The molecular weight excluding hydrogens is 112 g/mol. The highest BCUT2D eigenvalue weighted by Crippen LogP contribution is 1.73. The second-order valence-corrected chi connectivity index (χ2v) is 1.10. The zero-order valence-corrected chi connectivity index (χ0v) is 3.90. The van der Waals surface area contributed by atoms with Crippen LogP contribution in [-0.2, 0) is 14.4 Å². The number of aldehydes is 2. The minimum atomic E-state index is -1.77. The minimum absolute atomic E-state index is 0.00324. The van der Waals surface area contributed by atoms with Gasteiger partial charge >= 0.3 is 0 Å². The van der Waals surface area contributed by atoms with E-state index in [1.807, 2.05) is 0 Å². The predicted octanol–water partition coefficient (Wildman–Crippen LogP) is -1.69. The van der Waals surface area contributed by atoms with Gasteiger partial charge in [0.2, 0.25) is 5.78 Å². The lowest BCUT2D eigenvalue weighted by atomic mass is 10.3. The molecule has 0 unspecified atom stereocenters. The number of rotatable bonds is 3. The Balaban J connectivity index is 3.80. The maximum atomic E-state index is 9.89. The van der Waals surface area contributed by atoms with Gasteiger partial charge in [-0.3, -0.25) is 14.4 Å². The van der Waals surface area contributed by atoms with Crippen molar-refractivity contribution in [1.29, 1.82) is 0 Å². The van der Waals surface area contributed by atoms with E-state index in [0.717, 1.165) is 0 Å². The van der Waals surface area contributed by atoms with Crippen LogP contribution in [0.25, 0.3) is 0 Å². The van der Waals surface area contributed by atoms with Gasteiger partial charge in [-0.2, -0.15) is 0 Å². The zero-order valence-electron chi connectivity index (χ0n) is 3.90. The van der Waals surface area contributed by atoms with E-state index in [2.05, 4.69) is 0 Å². The maximum Gasteiger partial charge on any atom is 0.230 e. The van der Waals surface area contributed by atoms with Crippen LogP contribution < -0.4 is 0 Å². The van der Waals surface area contributed by atoms with Gasteiger partial charge in [0.05, 0.1) is 0 Å². The monoisotopic (exact) mass is 116 g/mol. The first-order valence-electron chi connectivity index (χ1n) is 1.84. The van der Waals surface area contributed by atoms with Crippen LogP contribution in [0.4, 0.5) is 0 Å². The summed E-state index contributed by atoms with van der Waals surface area (Å²) in [5.74, 6) is -1.11. The summed E-state index contributed by atoms with van der Waals surface area (Å²) in [6.07, 6.45) is -1.87. The Morgan fingerprint density at radius 3 is 2.12 bits per heavy atom. The molecule has 0 radical (unpaired) electrons. The molecule has 0 aliphatic rings. The van der Waals surface area contributed by atoms with Crippen molar-refractivity contribution in [2.45, 2.75) is 6.10 Å². The fraction of sp³-hybridized carbons (Fsp3) is 0.250. The molecule has 0 aromatic carbocycles. The first-order valence-corrected chi connectivity index (χ1v) is 1.84. The first kappa shape index (κ1) is 6.97. The van der Waals surface area contributed by atoms with E-state index in [-0.39, 0.29) is 12.6 Å². The summed E-state index contributed by atoms with van der Waals surface area (Å²) in [5, 5.41) is 8.18. The van der Waals surface area contributed by atoms with Gasteiger partial charge in [0.1, 0.15) is 0 Å². The quantitative estimate of drug-likeness (QED) is 0.271. The summed E-state index contributed by atoms with van der Waals surface area (Å²) in [6.45, 7) is 0. The number of hydrogen-bond acceptors (Lipinski definition) is 4. The van der Waals surface area contributed by atoms with Gasteiger partial charge in [-0.05, 0) is 0 Å². The van der Waals surface area contributed by atoms with Crippen molar-refractivity contribution in [3.63, 3.8) is 0 Å². The predicted molar refractivity (Wildman–Crippen MR) is 23.1 cm³/mol. The average molecular weight is 116 g/mol. The van der Waals surface area contributed by atoms with Crippen LogP contribution >= 0.6 is 0 Å². The highest BCUT2D eigenvalue weighted by atomic mass is 16.3. The lowest BCUT2D eigenvalue weighted by molar-refractivity contribution is -0.138. The summed E-state index contributed by atoms with van der Waals surface area (Å²) in [4.78, 5) is 28.8. The number of aliphatic hydroxyl groups excluding tert-OH is 1. The number of ketones is 1. The van der Waals surface area contributed by atoms with E-state index in [9.17, 15) is 14.4 Å². The molecular formula is C4H4O4. The van der Waals surface area contributed by atoms with Crippen LogP contribution in [0.5, 0.6) is 0 Å². The molecule has 0 saturated carbocycles. The fourth-order valence-electron chi connectivity index (χ4n) is 0.137. The van der Waals surface area contributed by atoms with Crippen molar-refractivity contribution in [1.82, 2.24) is 0 Å². The number of hydrogen-bond donors (Lipinski definition) is 1. The van der Waals surface area contributed by atoms with E-state index < -0.39 is 11.9 Å². The molecule has 0 spiro atoms. The van der Waals surface area contributed by atoms with Crippen molar-refractivity contribution in [3.05, 3.63) is 0 Å². The lowest BCUT2D eigenvalue weighted by Crippen LogP contribution is -2.22. The summed E-state index contributed by atoms with van der Waals surface area (Å²) >= 11 is 0. The van der Waals surface area contributed by atoms with Crippen LogP contribution in [0.1, 0.15) is 0 Å². The molecule has 0 saturated heterocycles. The van der Waals surface area contributed by atoms with Gasteiger partial charge in [0, 0.05) is 0 Å². The standard InChI is InChI=1S/C4H4O4/c5-1-3(7)4(8)2-6/h1-3,7H/t3-/m0/s1. The fourth-order valence-corrected chi connectivity index (χ4v) is 0.137. The zero-order chi connectivity index (χ0) is 6.57. The maximum absolute atomic E-state index is 9.89. The first-order chi connectivity index (χ1) is 3.72. The minimum Gasteiger partial charge on any atom is -0.377 e. The Bertz CT molecular complexity index is 117. The topological polar surface area (TPSA) is 71.4 Å². The molecule has 0 heterocycles. The Labute approximate surface area is 45.1 Å². The van der Waals surface area contributed by atoms with E-state index in [0.29, 0.717) is 0 Å². The molecule has 0 rings (SSSR count). The molecule has 44 valence electrons. The van der Waals surface area contributed by atoms with E-state index in [4.69, 9.17) is 5.11 Å². The smallest absolute Gasteiger partial charge is 0.230 e. The normalized spacial score (nSPS) is 12.1. The lowest BCUT2D eigenvalue weighted by Gasteiger charge is -1.88. The molecule has 0 bridgehead atoms. The molecule has 4 heteroatoms. The number of carbonyl (C=O) groups is 3. The third-order valence-electron chi connectivity index (χ3n) is 0.537. The summed E-state index contributed by atoms with van der Waals surface area (Å²) in [7, 11) is 0. The summed E-state index contributed by atoms with van der Waals surface area (Å²) in [5.41, 5.74) is 0. The Kier molecular flexibility index (Phi) is 2.64. The van der Waals surface area contributed by atoms with Gasteiger partial charge in [0.15, 0.2) is 18.7 Å². The van der Waals surface area contributed by atoms with Crippen molar-refractivity contribution in [2.75, 3.05) is 0 Å². The average Bonchev–Trinajstić information content (AvgIpc) is 1.84. The second-order valence-electron chi connectivity index (χ2n) is 1.10. The van der Waals surface area contributed by atoms with Gasteiger partial charge in [-0.25, -0.2) is 0 Å². The van der Waals surface area contributed by atoms with Crippen LogP contribution in [0.2, 0.25) is 0 Å². The molecule has 0 aliphatic carbocycles. The molecule has 4 nitrogen and oxygen atoms in total. The largest absolute Gasteiger partial charge is 0.377 e. The number of Topliss-reactive ketones (excluding diaryl/α,β-unsaturated/α-hetero) is 1. The van der Waals surface area contributed by atoms with Gasteiger partial charge in [-0.1, -0.05) is 0 Å². The molecule has 1 N–H and O–H groups in total. The van der Waals surface area contributed by atoms with Crippen molar-refractivity contribution in [2.24, 2.45) is 0 Å². The second kappa shape index (κ2) is 3.04. The van der Waals surface area contributed by atoms with E-state index in [1.165, 1.54) is 0 Å². The molecule has 0 aromatic rings. The van der Waals surface area contributed by atoms with Gasteiger partial charge < -0.3 is 5.11 Å². The van der Waals surface area contributed by atoms with Crippen LogP contribution in [0.3, 0.4) is 0 Å². The third-order valence-corrected chi connectivity index (χ3v) is 0.537. The van der Waals surface area contributed by atoms with Crippen molar-refractivity contribution in [3.8, 4) is 0 Å². The summed E-state index contributed by atoms with van der Waals surface area (Å²) in [6, 6.07) is 0. The number of carbonyl (C=O) groups excluding carboxylic acids is 3. The van der Waals surface area contributed by atoms with Crippen molar-refractivity contribution < 1.29 is 19.5 Å². The molecule has 8 heavy (non-hydrogen) atoms. The highest BCUT2D eigenvalue weighted by molar-refractivity contribution is 6.30. The van der Waals surface area contributed by atoms with Crippen LogP contribution in [0.15, 0.2) is 0 Å². The van der Waals surface area contributed by atoms with E-state index in [1.54, 1.807) is 0 Å². The van der Waals surface area contributed by atoms with E-state index >= 15 is 0 Å². The van der Waals surface area contributed by atoms with Gasteiger partial charge in [-0.15, -0.1) is 0 Å². The SMILES string of the molecule is O=CC(=O)[C@@H](O)C=O. The van der Waals surface area contributed by atoms with Gasteiger partial charge in [0.25, 0.3) is 0 Å². The highest BCUT2D eigenvalue weighted by Gasteiger charge is 2.10. The van der Waals surface area contributed by atoms with Crippen molar-refractivity contribution >= 4 is 18.4 Å². The van der Waals surface area contributed by atoms with Crippen LogP contribution in [0, 0.1) is 0 Å². The molecule has 1 atom stereocenters. The summed E-state index contributed by atoms with van der Waals surface area (Å²) < 4.78 is 0. The Hall–Kier alpha value is -1.03. The molecule has 0 aromatic heterocycles. The Morgan fingerprint density at radius 1 is 1.50 bits per heavy atom. The molecule has 0 aliphatic heterocycles. The Morgan fingerprint density at radius 2 is 2.00 bits per heavy atom. The van der Waals surface area contributed by atoms with Crippen LogP contribution in [-0.4, -0.2) is 29.6 Å². The third kappa shape index (κ3) is 1.61. The molecule has 0 fully saturated rings.